The van der Waals surface area contributed by atoms with Gasteiger partial charge in [-0.15, -0.1) is 0 Å². The number of hydrogen-bond donors (Lipinski definition) is 3. The summed E-state index contributed by atoms with van der Waals surface area (Å²) in [6, 6.07) is 0. The number of aliphatic hydroxyl groups is 2. The van der Waals surface area contributed by atoms with Crippen LogP contribution in [0.2, 0.25) is 0 Å². The molecule has 0 saturated carbocycles. The Morgan fingerprint density at radius 2 is 1.05 bits per heavy atom. The maximum Gasteiger partial charge on any atom is 0.0701 e. The third-order valence-corrected chi connectivity index (χ3v) is 3.42. The van der Waals surface area contributed by atoms with E-state index in [0.717, 1.165) is 5.75 Å². The molecule has 0 saturated heterocycles. The van der Waals surface area contributed by atoms with E-state index in [9.17, 15) is 0 Å². The molecule has 0 spiro atoms. The lowest BCUT2D eigenvalue weighted by atomic mass is 10.1. The van der Waals surface area contributed by atoms with Gasteiger partial charge >= 0.3 is 0 Å². The SMILES string of the molecule is CCCCCCCCCCCS.OCCOCCOCCO. The molecule has 0 rings (SSSR count). The van der Waals surface area contributed by atoms with Gasteiger partial charge in [-0.3, -0.25) is 0 Å². The van der Waals surface area contributed by atoms with Crippen molar-refractivity contribution in [3.05, 3.63) is 0 Å². The Kier molecular flexibility index (Phi) is 29.0. The van der Waals surface area contributed by atoms with E-state index < -0.39 is 0 Å². The minimum atomic E-state index is 0.0417. The number of thiol groups is 1. The van der Waals surface area contributed by atoms with Crippen LogP contribution in [0.5, 0.6) is 0 Å². The van der Waals surface area contributed by atoms with E-state index in [1.54, 1.807) is 0 Å². The predicted molar refractivity (Wildman–Crippen MR) is 96.9 cm³/mol. The highest BCUT2D eigenvalue weighted by atomic mass is 32.1. The van der Waals surface area contributed by atoms with Crippen LogP contribution in [0, 0.1) is 0 Å². The average molecular weight is 339 g/mol. The summed E-state index contributed by atoms with van der Waals surface area (Å²) in [5.74, 6) is 1.07. The van der Waals surface area contributed by atoms with Crippen molar-refractivity contribution >= 4 is 12.6 Å². The van der Waals surface area contributed by atoms with Crippen molar-refractivity contribution in [3.63, 3.8) is 0 Å². The Labute approximate surface area is 143 Å². The molecule has 0 atom stereocenters. The Morgan fingerprint density at radius 1 is 0.636 bits per heavy atom. The van der Waals surface area contributed by atoms with Gasteiger partial charge in [-0.25, -0.2) is 0 Å². The van der Waals surface area contributed by atoms with Crippen molar-refractivity contribution in [2.45, 2.75) is 64.7 Å². The first-order valence-electron chi connectivity index (χ1n) is 8.81. The fraction of sp³-hybridized carbons (Fsp3) is 1.00. The highest BCUT2D eigenvalue weighted by Crippen LogP contribution is 2.09. The van der Waals surface area contributed by atoms with Crippen LogP contribution >= 0.6 is 12.6 Å². The van der Waals surface area contributed by atoms with Crippen LogP contribution in [-0.4, -0.2) is 55.6 Å². The summed E-state index contributed by atoms with van der Waals surface area (Å²) >= 11 is 4.19. The molecule has 5 heteroatoms. The Bertz CT molecular complexity index is 153. The molecule has 0 aliphatic rings. The predicted octanol–water partition coefficient (Wildman–Crippen LogP) is 3.45. The normalized spacial score (nSPS) is 10.4. The zero-order valence-corrected chi connectivity index (χ0v) is 15.4. The smallest absolute Gasteiger partial charge is 0.0701 e. The van der Waals surface area contributed by atoms with Crippen molar-refractivity contribution in [1.29, 1.82) is 0 Å². The maximum absolute atomic E-state index is 8.26. The van der Waals surface area contributed by atoms with Crippen molar-refractivity contribution in [2.24, 2.45) is 0 Å². The zero-order valence-electron chi connectivity index (χ0n) is 14.5. The molecule has 0 bridgehead atoms. The molecule has 2 N–H and O–H groups in total. The molecule has 0 radical (unpaired) electrons. The largest absolute Gasteiger partial charge is 0.394 e. The average Bonchev–Trinajstić information content (AvgIpc) is 2.54. The minimum Gasteiger partial charge on any atom is -0.394 e. The molecular formula is C17H38O4S. The summed E-state index contributed by atoms with van der Waals surface area (Å²) < 4.78 is 9.75. The van der Waals surface area contributed by atoms with E-state index in [4.69, 9.17) is 19.7 Å². The lowest BCUT2D eigenvalue weighted by molar-refractivity contribution is 0.0222. The molecule has 0 aromatic heterocycles. The van der Waals surface area contributed by atoms with Crippen LogP contribution in [0.1, 0.15) is 64.7 Å². The first-order chi connectivity index (χ1) is 10.8. The number of hydrogen-bond acceptors (Lipinski definition) is 5. The molecule has 0 aliphatic heterocycles. The van der Waals surface area contributed by atoms with Gasteiger partial charge in [0.2, 0.25) is 0 Å². The topological polar surface area (TPSA) is 58.9 Å². The van der Waals surface area contributed by atoms with Crippen molar-refractivity contribution in [3.8, 4) is 0 Å². The zero-order chi connectivity index (χ0) is 16.7. The second-order valence-electron chi connectivity index (χ2n) is 5.22. The van der Waals surface area contributed by atoms with Crippen LogP contribution in [0.25, 0.3) is 0 Å². The molecule has 0 fully saturated rings. The van der Waals surface area contributed by atoms with Gasteiger partial charge in [0, 0.05) is 0 Å². The number of rotatable bonds is 16. The molecule has 0 amide bonds. The van der Waals surface area contributed by atoms with Gasteiger partial charge in [-0.1, -0.05) is 58.3 Å². The minimum absolute atomic E-state index is 0.0417. The Balaban J connectivity index is 0. The van der Waals surface area contributed by atoms with E-state index >= 15 is 0 Å². The van der Waals surface area contributed by atoms with Crippen molar-refractivity contribution < 1.29 is 19.7 Å². The van der Waals surface area contributed by atoms with E-state index in [1.807, 2.05) is 0 Å². The summed E-state index contributed by atoms with van der Waals surface area (Å²) in [6.07, 6.45) is 12.7. The molecule has 0 aromatic carbocycles. The molecule has 4 nitrogen and oxygen atoms in total. The lowest BCUT2D eigenvalue weighted by Crippen LogP contribution is -2.09. The second-order valence-corrected chi connectivity index (χ2v) is 5.67. The summed E-state index contributed by atoms with van der Waals surface area (Å²) in [5, 5.41) is 16.5. The number of aliphatic hydroxyl groups excluding tert-OH is 2. The lowest BCUT2D eigenvalue weighted by Gasteiger charge is -2.01. The first kappa shape index (κ1) is 24.4. The first-order valence-corrected chi connectivity index (χ1v) is 9.44. The third-order valence-electron chi connectivity index (χ3n) is 3.10. The van der Waals surface area contributed by atoms with Crippen molar-refractivity contribution in [2.75, 3.05) is 45.4 Å². The highest BCUT2D eigenvalue weighted by Gasteiger charge is 1.90. The monoisotopic (exact) mass is 338 g/mol. The molecule has 22 heavy (non-hydrogen) atoms. The molecule has 136 valence electrons. The standard InChI is InChI=1S/C11H24S.C6H14O4/c1-2-3-4-5-6-7-8-9-10-11-12;7-1-3-9-5-6-10-4-2-8/h12H,2-11H2,1H3;7-8H,1-6H2. The van der Waals surface area contributed by atoms with Gasteiger partial charge < -0.3 is 19.7 Å². The molecule has 0 unspecified atom stereocenters. The highest BCUT2D eigenvalue weighted by molar-refractivity contribution is 7.80. The fourth-order valence-corrected chi connectivity index (χ4v) is 2.10. The van der Waals surface area contributed by atoms with Crippen LogP contribution < -0.4 is 0 Å². The summed E-state index contributed by atoms with van der Waals surface area (Å²) in [7, 11) is 0. The number of unbranched alkanes of at least 4 members (excludes halogenated alkanes) is 8. The van der Waals surface area contributed by atoms with E-state index in [-0.39, 0.29) is 13.2 Å². The third kappa shape index (κ3) is 28.4. The van der Waals surface area contributed by atoms with E-state index in [0.29, 0.717) is 26.4 Å². The Morgan fingerprint density at radius 3 is 1.41 bits per heavy atom. The van der Waals surface area contributed by atoms with E-state index in [1.165, 1.54) is 57.8 Å². The van der Waals surface area contributed by atoms with Gasteiger partial charge in [0.25, 0.3) is 0 Å². The van der Waals surface area contributed by atoms with E-state index in [2.05, 4.69) is 19.6 Å². The van der Waals surface area contributed by atoms with Crippen LogP contribution in [0.4, 0.5) is 0 Å². The van der Waals surface area contributed by atoms with Gasteiger partial charge in [0.15, 0.2) is 0 Å². The number of ether oxygens (including phenoxy) is 2. The molecular weight excluding hydrogens is 300 g/mol. The van der Waals surface area contributed by atoms with Crippen LogP contribution in [0.15, 0.2) is 0 Å². The summed E-state index contributed by atoms with van der Waals surface area (Å²) in [4.78, 5) is 0. The Hall–Kier alpha value is 0.190. The molecule has 0 aliphatic carbocycles. The van der Waals surface area contributed by atoms with Gasteiger partial charge in [0.1, 0.15) is 0 Å². The van der Waals surface area contributed by atoms with Gasteiger partial charge in [0.05, 0.1) is 39.6 Å². The quantitative estimate of drug-likeness (QED) is 0.298. The van der Waals surface area contributed by atoms with Crippen LogP contribution in [0.3, 0.4) is 0 Å². The summed E-state index contributed by atoms with van der Waals surface area (Å²) in [5.41, 5.74) is 0. The fourth-order valence-electron chi connectivity index (χ4n) is 1.87. The van der Waals surface area contributed by atoms with Crippen LogP contribution in [-0.2, 0) is 9.47 Å². The van der Waals surface area contributed by atoms with Gasteiger partial charge in [-0.05, 0) is 12.2 Å². The molecule has 0 heterocycles. The van der Waals surface area contributed by atoms with Gasteiger partial charge in [-0.2, -0.15) is 12.6 Å². The summed E-state index contributed by atoms with van der Waals surface area (Å²) in [6.45, 7) is 4.00. The second kappa shape index (κ2) is 26.1. The molecule has 0 aromatic rings. The van der Waals surface area contributed by atoms with Crippen molar-refractivity contribution in [1.82, 2.24) is 0 Å². The maximum atomic E-state index is 8.26.